The summed E-state index contributed by atoms with van der Waals surface area (Å²) in [5.74, 6) is 0. The summed E-state index contributed by atoms with van der Waals surface area (Å²) < 4.78 is 0. The molecule has 11 aromatic rings. The average Bonchev–Trinajstić information content (AvgIpc) is 3.38. The van der Waals surface area contributed by atoms with Crippen molar-refractivity contribution >= 4 is 55.7 Å². The van der Waals surface area contributed by atoms with Gasteiger partial charge >= 0.3 is 0 Å². The van der Waals surface area contributed by atoms with E-state index in [0.29, 0.717) is 0 Å². The van der Waals surface area contributed by atoms with Crippen LogP contribution in [0.25, 0.3) is 66.1 Å². The number of hydrogen-bond donors (Lipinski definition) is 0. The van der Waals surface area contributed by atoms with Crippen LogP contribution in [0.3, 0.4) is 0 Å². The van der Waals surface area contributed by atoms with Crippen LogP contribution in [0.2, 0.25) is 0 Å². The summed E-state index contributed by atoms with van der Waals surface area (Å²) in [7, 11) is 0. The van der Waals surface area contributed by atoms with Crippen LogP contribution in [-0.4, -0.2) is 0 Å². The lowest BCUT2D eigenvalue weighted by molar-refractivity contribution is 1.25. The van der Waals surface area contributed by atoms with Crippen molar-refractivity contribution in [3.8, 4) is 44.5 Å². The molecule has 0 aromatic heterocycles. The lowest BCUT2D eigenvalue weighted by atomic mass is 9.98. The minimum atomic E-state index is 1.05. The summed E-state index contributed by atoms with van der Waals surface area (Å²) in [6, 6.07) is 96.6. The molecule has 0 bridgehead atoms. The van der Waals surface area contributed by atoms with E-state index < -0.39 is 0 Å². The summed E-state index contributed by atoms with van der Waals surface area (Å²) in [5, 5.41) is 4.80. The van der Waals surface area contributed by atoms with E-state index in [9.17, 15) is 0 Å². The highest BCUT2D eigenvalue weighted by Gasteiger charge is 2.21. The Hall–Kier alpha value is -8.46. The van der Waals surface area contributed by atoms with Crippen molar-refractivity contribution in [2.75, 3.05) is 9.80 Å². The first-order valence-electron chi connectivity index (χ1n) is 21.9. The SMILES string of the molecule is c1ccc(-c2ccc(N(c3ccc(-c4ccccc4)cc3)c3cc(-c4ccc5ccccc5c4)cc(N(c4ccc(-c5ccccc5)cc4)c4cccc5ccccc45)c3)cc2)cc1. The van der Waals surface area contributed by atoms with Crippen LogP contribution in [0, 0.1) is 0 Å². The Balaban J connectivity index is 1.14. The minimum Gasteiger partial charge on any atom is -0.310 e. The third-order valence-corrected chi connectivity index (χ3v) is 12.2. The third-order valence-electron chi connectivity index (χ3n) is 12.2. The highest BCUT2D eigenvalue weighted by atomic mass is 15.2. The van der Waals surface area contributed by atoms with Gasteiger partial charge in [-0.15, -0.1) is 0 Å². The van der Waals surface area contributed by atoms with Gasteiger partial charge in [-0.05, 0) is 127 Å². The minimum absolute atomic E-state index is 1.05. The molecule has 11 aromatic carbocycles. The number of anilines is 6. The van der Waals surface area contributed by atoms with Crippen molar-refractivity contribution in [3.05, 3.63) is 267 Å². The molecule has 0 fully saturated rings. The molecule has 0 radical (unpaired) electrons. The van der Waals surface area contributed by atoms with E-state index >= 15 is 0 Å². The number of hydrogen-bond acceptors (Lipinski definition) is 2. The fourth-order valence-electron chi connectivity index (χ4n) is 8.97. The average molecular weight is 817 g/mol. The smallest absolute Gasteiger partial charge is 0.0540 e. The third kappa shape index (κ3) is 7.70. The van der Waals surface area contributed by atoms with Gasteiger partial charge in [-0.1, -0.05) is 200 Å². The van der Waals surface area contributed by atoms with Gasteiger partial charge < -0.3 is 9.80 Å². The molecule has 2 nitrogen and oxygen atoms in total. The highest BCUT2D eigenvalue weighted by molar-refractivity contribution is 6.00. The Morgan fingerprint density at radius 3 is 1.11 bits per heavy atom. The first-order chi connectivity index (χ1) is 31.7. The van der Waals surface area contributed by atoms with Gasteiger partial charge in [-0.3, -0.25) is 0 Å². The summed E-state index contributed by atoms with van der Waals surface area (Å²) in [6.45, 7) is 0. The van der Waals surface area contributed by atoms with E-state index in [4.69, 9.17) is 0 Å². The first kappa shape index (κ1) is 38.5. The second kappa shape index (κ2) is 17.1. The lowest BCUT2D eigenvalue weighted by Gasteiger charge is -2.31. The highest BCUT2D eigenvalue weighted by Crippen LogP contribution is 2.46. The van der Waals surface area contributed by atoms with Crippen LogP contribution in [-0.2, 0) is 0 Å². The Labute approximate surface area is 375 Å². The van der Waals surface area contributed by atoms with Gasteiger partial charge in [0.1, 0.15) is 0 Å². The number of nitrogens with zero attached hydrogens (tertiary/aromatic N) is 2. The van der Waals surface area contributed by atoms with Crippen molar-refractivity contribution in [3.63, 3.8) is 0 Å². The normalized spacial score (nSPS) is 11.1. The molecule has 0 aliphatic rings. The molecule has 0 heterocycles. The van der Waals surface area contributed by atoms with E-state index in [-0.39, 0.29) is 0 Å². The van der Waals surface area contributed by atoms with Crippen molar-refractivity contribution in [2.24, 2.45) is 0 Å². The molecule has 0 saturated heterocycles. The van der Waals surface area contributed by atoms with Crippen molar-refractivity contribution in [1.82, 2.24) is 0 Å². The molecule has 2 heteroatoms. The zero-order valence-corrected chi connectivity index (χ0v) is 35.3. The monoisotopic (exact) mass is 816 g/mol. The molecule has 0 saturated carbocycles. The second-order valence-corrected chi connectivity index (χ2v) is 16.2. The van der Waals surface area contributed by atoms with Gasteiger partial charge in [-0.2, -0.15) is 0 Å². The predicted molar refractivity (Wildman–Crippen MR) is 273 cm³/mol. The van der Waals surface area contributed by atoms with Crippen molar-refractivity contribution in [2.45, 2.75) is 0 Å². The Kier molecular flexibility index (Phi) is 10.3. The standard InChI is InChI=1S/C62H44N2/c1-4-15-45(16-5-1)49-29-35-56(36-30-49)63(57-37-31-50(32-38-57)46-17-6-2-7-18-46)59-42-55(54-28-27-48-21-10-11-23-53(48)41-54)43-60(44-59)64(62-26-14-24-52-22-12-13-25-61(52)62)58-39-33-51(34-40-58)47-19-8-3-9-20-47/h1-44H. The van der Waals surface area contributed by atoms with E-state index in [1.165, 1.54) is 54.9 Å². The molecule has 64 heavy (non-hydrogen) atoms. The van der Waals surface area contributed by atoms with Crippen molar-refractivity contribution in [1.29, 1.82) is 0 Å². The second-order valence-electron chi connectivity index (χ2n) is 16.2. The van der Waals surface area contributed by atoms with Crippen molar-refractivity contribution < 1.29 is 0 Å². The Morgan fingerprint density at radius 2 is 0.578 bits per heavy atom. The summed E-state index contributed by atoms with van der Waals surface area (Å²) in [5.41, 5.74) is 15.8. The largest absolute Gasteiger partial charge is 0.310 e. The molecule has 302 valence electrons. The van der Waals surface area contributed by atoms with Crippen LogP contribution in [0.15, 0.2) is 267 Å². The molecule has 0 unspecified atom stereocenters. The molecule has 11 rings (SSSR count). The number of fused-ring (bicyclic) bond motifs is 2. The molecule has 0 spiro atoms. The fraction of sp³-hybridized carbons (Fsp3) is 0. The van der Waals surface area contributed by atoms with Crippen LogP contribution < -0.4 is 9.80 Å². The first-order valence-corrected chi connectivity index (χ1v) is 21.9. The molecular weight excluding hydrogens is 773 g/mol. The zero-order chi connectivity index (χ0) is 42.7. The van der Waals surface area contributed by atoms with E-state index in [2.05, 4.69) is 277 Å². The topological polar surface area (TPSA) is 6.48 Å². The Morgan fingerprint density at radius 1 is 0.188 bits per heavy atom. The molecule has 0 amide bonds. The quantitative estimate of drug-likeness (QED) is 0.136. The molecular formula is C62H44N2. The molecule has 0 N–H and O–H groups in total. The Bertz CT molecular complexity index is 3250. The maximum absolute atomic E-state index is 2.43. The predicted octanol–water partition coefficient (Wildman–Crippen LogP) is 17.6. The van der Waals surface area contributed by atoms with Gasteiger partial charge in [0.15, 0.2) is 0 Å². The van der Waals surface area contributed by atoms with Crippen LogP contribution in [0.5, 0.6) is 0 Å². The lowest BCUT2D eigenvalue weighted by Crippen LogP contribution is -2.14. The summed E-state index contributed by atoms with van der Waals surface area (Å²) >= 11 is 0. The van der Waals surface area contributed by atoms with E-state index in [0.717, 1.165) is 45.3 Å². The van der Waals surface area contributed by atoms with Crippen LogP contribution in [0.4, 0.5) is 34.1 Å². The van der Waals surface area contributed by atoms with Gasteiger partial charge in [0.25, 0.3) is 0 Å². The molecule has 0 atom stereocenters. The number of benzene rings is 11. The van der Waals surface area contributed by atoms with Gasteiger partial charge in [-0.25, -0.2) is 0 Å². The molecule has 0 aliphatic carbocycles. The van der Waals surface area contributed by atoms with Crippen LogP contribution >= 0.6 is 0 Å². The summed E-state index contributed by atoms with van der Waals surface area (Å²) in [4.78, 5) is 4.83. The maximum atomic E-state index is 2.43. The van der Waals surface area contributed by atoms with Crippen LogP contribution in [0.1, 0.15) is 0 Å². The maximum Gasteiger partial charge on any atom is 0.0540 e. The fourth-order valence-corrected chi connectivity index (χ4v) is 8.97. The number of rotatable bonds is 10. The zero-order valence-electron chi connectivity index (χ0n) is 35.3. The van der Waals surface area contributed by atoms with Gasteiger partial charge in [0.2, 0.25) is 0 Å². The molecule has 0 aliphatic heterocycles. The van der Waals surface area contributed by atoms with Gasteiger partial charge in [0, 0.05) is 33.8 Å². The van der Waals surface area contributed by atoms with E-state index in [1.54, 1.807) is 0 Å². The summed E-state index contributed by atoms with van der Waals surface area (Å²) in [6.07, 6.45) is 0. The van der Waals surface area contributed by atoms with E-state index in [1.807, 2.05) is 0 Å². The van der Waals surface area contributed by atoms with Gasteiger partial charge in [0.05, 0.1) is 5.69 Å².